The molecule has 0 rings (SSSR count). The van der Waals surface area contributed by atoms with Crippen LogP contribution >= 0.6 is 7.82 Å². The minimum atomic E-state index is -4.61. The van der Waals surface area contributed by atoms with Crippen LogP contribution in [-0.4, -0.2) is 60.5 Å². The van der Waals surface area contributed by atoms with E-state index in [4.69, 9.17) is 29.4 Å². The predicted octanol–water partition coefficient (Wildman–Crippen LogP) is 13.3. The minimum Gasteiger partial charge on any atom is -0.480 e. The van der Waals surface area contributed by atoms with Crippen molar-refractivity contribution in [3.63, 3.8) is 0 Å². The summed E-state index contributed by atoms with van der Waals surface area (Å²) in [6.45, 7) is 3.89. The molecule has 4 N–H and O–H groups in total. The summed E-state index contributed by atoms with van der Waals surface area (Å²) in [7, 11) is -4.61. The Kier molecular flexibility index (Phi) is 41.9. The molecule has 0 saturated heterocycles. The minimum absolute atomic E-state index is 0.0195. The number of nitrogens with two attached hydrogens (primary N) is 1. The Morgan fingerprint density at radius 2 is 0.912 bits per heavy atom. The third-order valence-electron chi connectivity index (χ3n) is 10.5. The summed E-state index contributed by atoms with van der Waals surface area (Å²) in [4.78, 5) is 33.5. The van der Waals surface area contributed by atoms with Crippen LogP contribution in [0.1, 0.15) is 232 Å². The van der Waals surface area contributed by atoms with Crippen molar-refractivity contribution in [2.45, 2.75) is 244 Å². The van der Waals surface area contributed by atoms with Crippen molar-refractivity contribution in [3.8, 4) is 0 Å². The van der Waals surface area contributed by atoms with Crippen molar-refractivity contribution >= 4 is 19.8 Å². The first-order valence-electron chi connectivity index (χ1n) is 23.7. The fourth-order valence-electron chi connectivity index (χ4n) is 6.84. The first-order valence-corrected chi connectivity index (χ1v) is 25.2. The average molecular weight is 832 g/mol. The first kappa shape index (κ1) is 55.7. The molecule has 11 heteroatoms. The van der Waals surface area contributed by atoms with Crippen LogP contribution in [0.2, 0.25) is 0 Å². The Labute approximate surface area is 350 Å². The van der Waals surface area contributed by atoms with Gasteiger partial charge in [0.15, 0.2) is 0 Å². The molecule has 0 spiro atoms. The van der Waals surface area contributed by atoms with Gasteiger partial charge in [-0.05, 0) is 38.5 Å². The lowest BCUT2D eigenvalue weighted by Gasteiger charge is -2.20. The number of carbonyl (C=O) groups is 2. The van der Waals surface area contributed by atoms with Gasteiger partial charge < -0.3 is 25.2 Å². The Bertz CT molecular complexity index is 966. The Morgan fingerprint density at radius 3 is 1.37 bits per heavy atom. The van der Waals surface area contributed by atoms with Gasteiger partial charge in [0.05, 0.1) is 19.8 Å². The van der Waals surface area contributed by atoms with E-state index in [1.165, 1.54) is 148 Å². The number of phosphoric ester groups is 1. The lowest BCUT2D eigenvalue weighted by atomic mass is 10.0. The number of ether oxygens (including phenoxy) is 2. The topological polar surface area (TPSA) is 155 Å². The van der Waals surface area contributed by atoms with E-state index in [-0.39, 0.29) is 13.0 Å². The fourth-order valence-corrected chi connectivity index (χ4v) is 7.61. The van der Waals surface area contributed by atoms with Crippen molar-refractivity contribution in [1.29, 1.82) is 0 Å². The number of hydrogen-bond acceptors (Lipinski definition) is 8. The zero-order chi connectivity index (χ0) is 41.9. The smallest absolute Gasteiger partial charge is 0.472 e. The molecule has 0 heterocycles. The molecule has 0 radical (unpaired) electrons. The van der Waals surface area contributed by atoms with Gasteiger partial charge in [0.1, 0.15) is 12.1 Å². The van der Waals surface area contributed by atoms with E-state index in [2.05, 4.69) is 26.0 Å². The standard InChI is InChI=1S/C46H90NO9P/c1-3-5-7-9-11-13-15-17-18-19-20-21-22-23-24-25-26-27-29-31-33-35-37-39-53-40-43(41-54-57(51,52)55-42-44(47)46(49)50)56-45(48)38-36-34-32-30-28-16-14-12-10-8-6-4-2/h12,14,43-44H,3-11,13,15-42,47H2,1-2H3,(H,49,50)(H,51,52)/b14-12-. The van der Waals surface area contributed by atoms with Crippen molar-refractivity contribution in [2.24, 2.45) is 5.73 Å². The van der Waals surface area contributed by atoms with Gasteiger partial charge in [-0.2, -0.15) is 0 Å². The van der Waals surface area contributed by atoms with Gasteiger partial charge in [0, 0.05) is 13.0 Å². The second-order valence-corrected chi connectivity index (χ2v) is 17.7. The normalized spacial score (nSPS) is 13.9. The maximum Gasteiger partial charge on any atom is 0.472 e. The van der Waals surface area contributed by atoms with E-state index in [0.29, 0.717) is 13.0 Å². The second kappa shape index (κ2) is 42.8. The van der Waals surface area contributed by atoms with Gasteiger partial charge in [-0.15, -0.1) is 0 Å². The van der Waals surface area contributed by atoms with Gasteiger partial charge in [-0.25, -0.2) is 4.57 Å². The number of esters is 1. The highest BCUT2D eigenvalue weighted by Crippen LogP contribution is 2.43. The summed E-state index contributed by atoms with van der Waals surface area (Å²) in [5, 5.41) is 8.90. The summed E-state index contributed by atoms with van der Waals surface area (Å²) < 4.78 is 33.4. The lowest BCUT2D eigenvalue weighted by molar-refractivity contribution is -0.154. The summed E-state index contributed by atoms with van der Waals surface area (Å²) in [6.07, 6.45) is 45.6. The fraction of sp³-hybridized carbons (Fsp3) is 0.913. The largest absolute Gasteiger partial charge is 0.480 e. The second-order valence-electron chi connectivity index (χ2n) is 16.2. The van der Waals surface area contributed by atoms with Crippen molar-refractivity contribution in [3.05, 3.63) is 12.2 Å². The van der Waals surface area contributed by atoms with Crippen molar-refractivity contribution in [1.82, 2.24) is 0 Å². The number of hydrogen-bond donors (Lipinski definition) is 3. The molecular formula is C46H90NO9P. The molecule has 57 heavy (non-hydrogen) atoms. The number of unbranched alkanes of at least 4 members (excludes halogenated alkanes) is 30. The molecule has 0 bridgehead atoms. The summed E-state index contributed by atoms with van der Waals surface area (Å²) in [5.74, 6) is -1.78. The van der Waals surface area contributed by atoms with Crippen LogP contribution in [0.4, 0.5) is 0 Å². The molecule has 3 unspecified atom stereocenters. The molecule has 3 atom stereocenters. The molecule has 0 aromatic heterocycles. The monoisotopic (exact) mass is 832 g/mol. The quantitative estimate of drug-likeness (QED) is 0.0234. The van der Waals surface area contributed by atoms with Crippen LogP contribution in [0, 0.1) is 0 Å². The van der Waals surface area contributed by atoms with Gasteiger partial charge >= 0.3 is 19.8 Å². The number of rotatable bonds is 46. The van der Waals surface area contributed by atoms with Crippen molar-refractivity contribution in [2.75, 3.05) is 26.4 Å². The van der Waals surface area contributed by atoms with Crippen molar-refractivity contribution < 1.29 is 42.7 Å². The average Bonchev–Trinajstić information content (AvgIpc) is 3.19. The molecule has 0 amide bonds. The molecule has 0 aliphatic rings. The Balaban J connectivity index is 4.05. The van der Waals surface area contributed by atoms with E-state index in [0.717, 1.165) is 57.8 Å². The van der Waals surface area contributed by atoms with Crippen LogP contribution in [0.15, 0.2) is 12.2 Å². The third kappa shape index (κ3) is 42.6. The number of carboxylic acids is 1. The third-order valence-corrected chi connectivity index (χ3v) is 11.5. The molecular weight excluding hydrogens is 741 g/mol. The van der Waals surface area contributed by atoms with Crippen LogP contribution in [0.25, 0.3) is 0 Å². The van der Waals surface area contributed by atoms with E-state index >= 15 is 0 Å². The van der Waals surface area contributed by atoms with E-state index in [1.807, 2.05) is 0 Å². The molecule has 0 aromatic carbocycles. The molecule has 10 nitrogen and oxygen atoms in total. The Morgan fingerprint density at radius 1 is 0.544 bits per heavy atom. The van der Waals surface area contributed by atoms with Crippen LogP contribution in [0.3, 0.4) is 0 Å². The highest BCUT2D eigenvalue weighted by atomic mass is 31.2. The maximum absolute atomic E-state index is 12.6. The van der Waals surface area contributed by atoms with Crippen LogP contribution < -0.4 is 5.73 Å². The van der Waals surface area contributed by atoms with Crippen LogP contribution in [-0.2, 0) is 32.7 Å². The Hall–Kier alpha value is -1.29. The SMILES string of the molecule is CCCCC/C=C\CCCCCCCC(=O)OC(COCCCCCCCCCCCCCCCCCCCCCCCCC)COP(=O)(O)OCC(N)C(=O)O. The first-order chi connectivity index (χ1) is 27.7. The van der Waals surface area contributed by atoms with Gasteiger partial charge in [0.2, 0.25) is 0 Å². The summed E-state index contributed by atoms with van der Waals surface area (Å²) in [6, 6.07) is -1.47. The molecule has 0 aliphatic heterocycles. The molecule has 0 fully saturated rings. The number of carbonyl (C=O) groups excluding carboxylic acids is 1. The predicted molar refractivity (Wildman–Crippen MR) is 236 cm³/mol. The summed E-state index contributed by atoms with van der Waals surface area (Å²) in [5.41, 5.74) is 5.36. The maximum atomic E-state index is 12.6. The van der Waals surface area contributed by atoms with Gasteiger partial charge in [-0.1, -0.05) is 199 Å². The summed E-state index contributed by atoms with van der Waals surface area (Å²) >= 11 is 0. The number of aliphatic carboxylic acids is 1. The van der Waals surface area contributed by atoms with Crippen LogP contribution in [0.5, 0.6) is 0 Å². The highest BCUT2D eigenvalue weighted by Gasteiger charge is 2.27. The zero-order valence-electron chi connectivity index (χ0n) is 37.0. The highest BCUT2D eigenvalue weighted by molar-refractivity contribution is 7.47. The van der Waals surface area contributed by atoms with Gasteiger partial charge in [0.25, 0.3) is 0 Å². The van der Waals surface area contributed by atoms with E-state index in [1.54, 1.807) is 0 Å². The molecule has 338 valence electrons. The van der Waals surface area contributed by atoms with E-state index in [9.17, 15) is 19.0 Å². The number of allylic oxidation sites excluding steroid dienone is 2. The zero-order valence-corrected chi connectivity index (χ0v) is 37.9. The van der Waals surface area contributed by atoms with E-state index < -0.39 is 45.1 Å². The molecule has 0 aliphatic carbocycles. The molecule has 0 aromatic rings. The number of carboxylic acid groups (broad SMARTS) is 1. The molecule has 0 saturated carbocycles. The van der Waals surface area contributed by atoms with Gasteiger partial charge in [-0.3, -0.25) is 18.6 Å². The lowest BCUT2D eigenvalue weighted by Crippen LogP contribution is -2.34. The number of phosphoric acid groups is 1.